The van der Waals surface area contributed by atoms with Crippen molar-refractivity contribution < 1.29 is 9.90 Å². The number of carbonyl (C=O) groups excluding carboxylic acids is 1. The predicted molar refractivity (Wildman–Crippen MR) is 96.7 cm³/mol. The molecule has 0 atom stereocenters. The summed E-state index contributed by atoms with van der Waals surface area (Å²) >= 11 is 7.25. The number of carbonyl (C=O) groups is 1. The molecule has 0 fully saturated rings. The van der Waals surface area contributed by atoms with Gasteiger partial charge in [0.1, 0.15) is 5.75 Å². The molecule has 0 aliphatic rings. The van der Waals surface area contributed by atoms with Crippen LogP contribution in [-0.2, 0) is 0 Å². The topological polar surface area (TPSA) is 80.9 Å². The maximum absolute atomic E-state index is 12.2. The van der Waals surface area contributed by atoms with Crippen molar-refractivity contribution in [3.8, 4) is 11.4 Å². The van der Waals surface area contributed by atoms with Crippen LogP contribution in [0.2, 0.25) is 5.02 Å². The number of benzene rings is 2. The molecule has 1 N–H and O–H groups in total. The van der Waals surface area contributed by atoms with Gasteiger partial charge in [0.2, 0.25) is 5.16 Å². The maximum Gasteiger partial charge on any atom is 0.214 e. The molecule has 0 aliphatic carbocycles. The summed E-state index contributed by atoms with van der Waals surface area (Å²) in [5.74, 6) is 0.238. The molecule has 0 saturated carbocycles. The van der Waals surface area contributed by atoms with E-state index >= 15 is 0 Å². The number of thioether (sulfide) groups is 1. The van der Waals surface area contributed by atoms with Gasteiger partial charge in [-0.15, -0.1) is 5.10 Å². The first-order valence-electron chi connectivity index (χ1n) is 7.54. The minimum Gasteiger partial charge on any atom is -0.507 e. The summed E-state index contributed by atoms with van der Waals surface area (Å²) in [6.07, 6.45) is 0.235. The van der Waals surface area contributed by atoms with Crippen LogP contribution in [0, 0.1) is 6.92 Å². The highest BCUT2D eigenvalue weighted by molar-refractivity contribution is 7.99. The molecule has 0 spiro atoms. The standard InChI is InChI=1S/C17H15ClN4O2S/c1-11-2-5-13(6-3-11)22-17(19-20-21-22)25-9-8-16(24)14-10-12(18)4-7-15(14)23/h2-7,10,23H,8-9H2,1H3. The van der Waals surface area contributed by atoms with Crippen molar-refractivity contribution in [2.75, 3.05) is 5.75 Å². The van der Waals surface area contributed by atoms with Crippen molar-refractivity contribution in [1.82, 2.24) is 20.2 Å². The molecule has 8 heteroatoms. The van der Waals surface area contributed by atoms with Gasteiger partial charge in [-0.1, -0.05) is 41.1 Å². The molecule has 128 valence electrons. The third kappa shape index (κ3) is 4.18. The van der Waals surface area contributed by atoms with E-state index in [0.717, 1.165) is 11.3 Å². The van der Waals surface area contributed by atoms with Gasteiger partial charge in [-0.05, 0) is 47.7 Å². The average Bonchev–Trinajstić information content (AvgIpc) is 3.06. The van der Waals surface area contributed by atoms with Crippen LogP contribution in [0.5, 0.6) is 5.75 Å². The Hall–Kier alpha value is -2.38. The third-order valence-electron chi connectivity index (χ3n) is 3.54. The number of aromatic nitrogens is 4. The number of Topliss-reactive ketones (excluding diaryl/α,β-unsaturated/α-hetero) is 1. The third-order valence-corrected chi connectivity index (χ3v) is 4.69. The van der Waals surface area contributed by atoms with E-state index in [0.29, 0.717) is 15.9 Å². The van der Waals surface area contributed by atoms with E-state index in [9.17, 15) is 9.90 Å². The monoisotopic (exact) mass is 374 g/mol. The Morgan fingerprint density at radius 3 is 2.76 bits per heavy atom. The van der Waals surface area contributed by atoms with Gasteiger partial charge in [0.15, 0.2) is 5.78 Å². The Bertz CT molecular complexity index is 896. The van der Waals surface area contributed by atoms with Gasteiger partial charge in [0.05, 0.1) is 11.3 Å². The predicted octanol–water partition coefficient (Wildman–Crippen LogP) is 3.69. The fourth-order valence-corrected chi connectivity index (χ4v) is 3.22. The number of aromatic hydroxyl groups is 1. The molecule has 1 aromatic heterocycles. The summed E-state index contributed by atoms with van der Waals surface area (Å²) in [6, 6.07) is 12.3. The van der Waals surface area contributed by atoms with E-state index in [4.69, 9.17) is 11.6 Å². The first kappa shape index (κ1) is 17.4. The van der Waals surface area contributed by atoms with E-state index in [1.54, 1.807) is 4.68 Å². The van der Waals surface area contributed by atoms with Gasteiger partial charge in [-0.3, -0.25) is 4.79 Å². The molecule has 0 amide bonds. The van der Waals surface area contributed by atoms with E-state index < -0.39 is 0 Å². The van der Waals surface area contributed by atoms with E-state index in [-0.39, 0.29) is 23.5 Å². The molecule has 6 nitrogen and oxygen atoms in total. The van der Waals surface area contributed by atoms with Crippen molar-refractivity contribution in [2.45, 2.75) is 18.5 Å². The molecule has 0 bridgehead atoms. The van der Waals surface area contributed by atoms with Crippen LogP contribution in [0.3, 0.4) is 0 Å². The van der Waals surface area contributed by atoms with Crippen LogP contribution in [0.25, 0.3) is 5.69 Å². The number of hydrogen-bond donors (Lipinski definition) is 1. The fraction of sp³-hybridized carbons (Fsp3) is 0.176. The average molecular weight is 375 g/mol. The normalized spacial score (nSPS) is 10.8. The molecule has 25 heavy (non-hydrogen) atoms. The summed E-state index contributed by atoms with van der Waals surface area (Å²) in [6.45, 7) is 2.01. The van der Waals surface area contributed by atoms with Gasteiger partial charge in [-0.25, -0.2) is 0 Å². The van der Waals surface area contributed by atoms with Crippen LogP contribution in [0.15, 0.2) is 47.6 Å². The molecule has 1 heterocycles. The Morgan fingerprint density at radius 1 is 1.24 bits per heavy atom. The fourth-order valence-electron chi connectivity index (χ4n) is 2.22. The molecular weight excluding hydrogens is 360 g/mol. The van der Waals surface area contributed by atoms with Gasteiger partial charge in [0.25, 0.3) is 0 Å². The summed E-state index contributed by atoms with van der Waals surface area (Å²) in [4.78, 5) is 12.2. The summed E-state index contributed by atoms with van der Waals surface area (Å²) in [5, 5.41) is 22.5. The molecule has 0 radical (unpaired) electrons. The van der Waals surface area contributed by atoms with Crippen molar-refractivity contribution >= 4 is 29.1 Å². The highest BCUT2D eigenvalue weighted by Crippen LogP contribution is 2.25. The zero-order valence-corrected chi connectivity index (χ0v) is 15.0. The SMILES string of the molecule is Cc1ccc(-n2nnnc2SCCC(=O)c2cc(Cl)ccc2O)cc1. The lowest BCUT2D eigenvalue weighted by atomic mass is 10.1. The molecule has 0 saturated heterocycles. The summed E-state index contributed by atoms with van der Waals surface area (Å²) in [5.41, 5.74) is 2.24. The lowest BCUT2D eigenvalue weighted by Crippen LogP contribution is -2.03. The second-order valence-electron chi connectivity index (χ2n) is 5.39. The number of rotatable bonds is 6. The van der Waals surface area contributed by atoms with Crippen molar-refractivity contribution in [3.63, 3.8) is 0 Å². The van der Waals surface area contributed by atoms with Crippen LogP contribution in [0.4, 0.5) is 0 Å². The van der Waals surface area contributed by atoms with Gasteiger partial charge in [-0.2, -0.15) is 4.68 Å². The quantitative estimate of drug-likeness (QED) is 0.523. The maximum atomic E-state index is 12.2. The number of nitrogens with zero attached hydrogens (tertiary/aromatic N) is 4. The summed E-state index contributed by atoms with van der Waals surface area (Å²) in [7, 11) is 0. The van der Waals surface area contributed by atoms with E-state index in [1.165, 1.54) is 30.0 Å². The van der Waals surface area contributed by atoms with Crippen molar-refractivity contribution in [2.24, 2.45) is 0 Å². The Kier molecular flexibility index (Phi) is 5.35. The number of hydrogen-bond acceptors (Lipinski definition) is 6. The molecule has 0 aliphatic heterocycles. The molecular formula is C17H15ClN4O2S. The number of ketones is 1. The minimum atomic E-state index is -0.179. The highest BCUT2D eigenvalue weighted by atomic mass is 35.5. The van der Waals surface area contributed by atoms with Gasteiger partial charge < -0.3 is 5.11 Å². The Balaban J connectivity index is 1.65. The zero-order valence-electron chi connectivity index (χ0n) is 13.4. The molecule has 2 aromatic carbocycles. The van der Waals surface area contributed by atoms with Gasteiger partial charge >= 0.3 is 0 Å². The molecule has 3 rings (SSSR count). The lowest BCUT2D eigenvalue weighted by Gasteiger charge is -2.06. The number of phenols is 1. The molecule has 0 unspecified atom stereocenters. The number of halogens is 1. The van der Waals surface area contributed by atoms with E-state index in [2.05, 4.69) is 15.5 Å². The number of aryl methyl sites for hydroxylation is 1. The smallest absolute Gasteiger partial charge is 0.214 e. The highest BCUT2D eigenvalue weighted by Gasteiger charge is 2.14. The second-order valence-corrected chi connectivity index (χ2v) is 6.89. The van der Waals surface area contributed by atoms with Crippen LogP contribution < -0.4 is 0 Å². The lowest BCUT2D eigenvalue weighted by molar-refractivity contribution is 0.0987. The minimum absolute atomic E-state index is 0.0658. The molecule has 3 aromatic rings. The first-order chi connectivity index (χ1) is 12.0. The van der Waals surface area contributed by atoms with Gasteiger partial charge in [0, 0.05) is 17.2 Å². The van der Waals surface area contributed by atoms with Crippen LogP contribution >= 0.6 is 23.4 Å². The Labute approximate surface area is 153 Å². The number of tetrazole rings is 1. The van der Waals surface area contributed by atoms with Crippen LogP contribution in [0.1, 0.15) is 22.3 Å². The Morgan fingerprint density at radius 2 is 2.00 bits per heavy atom. The number of phenolic OH excluding ortho intramolecular Hbond substituents is 1. The summed E-state index contributed by atoms with van der Waals surface area (Å²) < 4.78 is 1.63. The van der Waals surface area contributed by atoms with Crippen molar-refractivity contribution in [3.05, 3.63) is 58.6 Å². The van der Waals surface area contributed by atoms with E-state index in [1.807, 2.05) is 31.2 Å². The van der Waals surface area contributed by atoms with Crippen LogP contribution in [-0.4, -0.2) is 36.8 Å². The second kappa shape index (κ2) is 7.67. The zero-order chi connectivity index (χ0) is 17.8. The van der Waals surface area contributed by atoms with Crippen molar-refractivity contribution in [1.29, 1.82) is 0 Å². The first-order valence-corrected chi connectivity index (χ1v) is 8.91. The largest absolute Gasteiger partial charge is 0.507 e.